The third-order valence-electron chi connectivity index (χ3n) is 3.96. The Hall–Kier alpha value is -2.34. The van der Waals surface area contributed by atoms with E-state index in [0.717, 1.165) is 17.5 Å². The van der Waals surface area contributed by atoms with Crippen molar-refractivity contribution < 1.29 is 23.0 Å². The van der Waals surface area contributed by atoms with E-state index in [0.29, 0.717) is 17.1 Å². The third-order valence-corrected chi connectivity index (χ3v) is 4.31. The van der Waals surface area contributed by atoms with Crippen LogP contribution in [0.3, 0.4) is 0 Å². The lowest BCUT2D eigenvalue weighted by atomic mass is 10.0. The number of halogens is 3. The Labute approximate surface area is 156 Å². The largest absolute Gasteiger partial charge is 0.493 e. The van der Waals surface area contributed by atoms with E-state index in [1.807, 2.05) is 26.0 Å². The zero-order valence-electron chi connectivity index (χ0n) is 14.7. The first kappa shape index (κ1) is 20.0. The first-order chi connectivity index (χ1) is 12.4. The van der Waals surface area contributed by atoms with Gasteiger partial charge >= 0.3 is 6.61 Å². The number of nitrogens with one attached hydrogen (secondary N) is 1. The van der Waals surface area contributed by atoms with Crippen molar-refractivity contribution in [2.24, 2.45) is 0 Å². The van der Waals surface area contributed by atoms with E-state index in [9.17, 15) is 13.6 Å². The van der Waals surface area contributed by atoms with Gasteiger partial charge in [-0.3, -0.25) is 4.79 Å². The molecule has 1 N–H and O–H groups in total. The average molecular weight is 384 g/mol. The Morgan fingerprint density at radius 3 is 2.46 bits per heavy atom. The fourth-order valence-corrected chi connectivity index (χ4v) is 2.95. The molecule has 2 aromatic rings. The Morgan fingerprint density at radius 2 is 1.88 bits per heavy atom. The van der Waals surface area contributed by atoms with E-state index in [2.05, 4.69) is 10.1 Å². The lowest BCUT2D eigenvalue weighted by Gasteiger charge is -2.16. The number of carbonyl (C=O) groups is 1. The Kier molecular flexibility index (Phi) is 6.80. The number of ether oxygens (including phenoxy) is 2. The summed E-state index contributed by atoms with van der Waals surface area (Å²) in [6.07, 6.45) is 1.39. The maximum absolute atomic E-state index is 12.7. The summed E-state index contributed by atoms with van der Waals surface area (Å²) in [5.41, 5.74) is 2.75. The molecule has 0 saturated carbocycles. The Balaban J connectivity index is 2.35. The zero-order chi connectivity index (χ0) is 19.3. The van der Waals surface area contributed by atoms with Crippen LogP contribution >= 0.6 is 11.6 Å². The molecular weight excluding hydrogens is 364 g/mol. The molecule has 0 heterocycles. The summed E-state index contributed by atoms with van der Waals surface area (Å²) in [6, 6.07) is 7.72. The molecule has 2 aromatic carbocycles. The van der Waals surface area contributed by atoms with Crippen molar-refractivity contribution >= 4 is 23.2 Å². The van der Waals surface area contributed by atoms with E-state index in [1.54, 1.807) is 0 Å². The number of methoxy groups -OCH3 is 1. The van der Waals surface area contributed by atoms with Crippen molar-refractivity contribution in [3.05, 3.63) is 52.0 Å². The summed E-state index contributed by atoms with van der Waals surface area (Å²) in [5, 5.41) is 3.46. The number of rotatable bonds is 7. The van der Waals surface area contributed by atoms with Crippen LogP contribution in [0.5, 0.6) is 11.5 Å². The van der Waals surface area contributed by atoms with Crippen molar-refractivity contribution in [3.63, 3.8) is 0 Å². The highest BCUT2D eigenvalue weighted by Crippen LogP contribution is 2.32. The summed E-state index contributed by atoms with van der Waals surface area (Å²) in [4.78, 5) is 12.7. The van der Waals surface area contributed by atoms with E-state index in [-0.39, 0.29) is 17.1 Å². The number of hydrogen-bond acceptors (Lipinski definition) is 3. The van der Waals surface area contributed by atoms with E-state index in [1.165, 1.54) is 25.3 Å². The van der Waals surface area contributed by atoms with Crippen LogP contribution in [0.25, 0.3) is 0 Å². The highest BCUT2D eigenvalue weighted by molar-refractivity contribution is 6.32. The lowest BCUT2D eigenvalue weighted by Crippen LogP contribution is -2.15. The van der Waals surface area contributed by atoms with Crippen LogP contribution in [-0.2, 0) is 12.8 Å². The second-order valence-electron chi connectivity index (χ2n) is 5.47. The summed E-state index contributed by atoms with van der Waals surface area (Å²) in [6.45, 7) is 0.961. The Morgan fingerprint density at radius 1 is 1.15 bits per heavy atom. The van der Waals surface area contributed by atoms with Gasteiger partial charge in [-0.15, -0.1) is 0 Å². The van der Waals surface area contributed by atoms with Crippen LogP contribution in [0.4, 0.5) is 14.5 Å². The molecule has 26 heavy (non-hydrogen) atoms. The molecule has 0 aliphatic rings. The molecule has 0 fully saturated rings. The molecule has 140 valence electrons. The molecule has 0 aliphatic heterocycles. The van der Waals surface area contributed by atoms with Crippen LogP contribution in [0.15, 0.2) is 30.3 Å². The van der Waals surface area contributed by atoms with Gasteiger partial charge in [0, 0.05) is 16.3 Å². The molecule has 0 aromatic heterocycles. The molecule has 7 heteroatoms. The molecule has 0 bridgehead atoms. The number of carbonyl (C=O) groups excluding carboxylic acids is 1. The minimum atomic E-state index is -2.98. The first-order valence-corrected chi connectivity index (χ1v) is 8.53. The fourth-order valence-electron chi connectivity index (χ4n) is 2.65. The number of amides is 1. The molecule has 0 saturated heterocycles. The maximum Gasteiger partial charge on any atom is 0.387 e. The molecular formula is C19H20ClF2NO3. The second-order valence-corrected chi connectivity index (χ2v) is 5.87. The molecule has 2 rings (SSSR count). The van der Waals surface area contributed by atoms with Gasteiger partial charge in [0.05, 0.1) is 7.11 Å². The van der Waals surface area contributed by atoms with Crippen molar-refractivity contribution in [1.29, 1.82) is 0 Å². The molecule has 0 atom stereocenters. The van der Waals surface area contributed by atoms with Gasteiger partial charge in [-0.1, -0.05) is 31.5 Å². The Bertz CT molecular complexity index is 797. The number of aryl methyl sites for hydroxylation is 1. The monoisotopic (exact) mass is 383 g/mol. The minimum Gasteiger partial charge on any atom is -0.493 e. The van der Waals surface area contributed by atoms with E-state index in [4.69, 9.17) is 16.3 Å². The molecule has 1 amide bonds. The SMILES string of the molecule is CCc1ccc(Cl)c(CC)c1NC(=O)c1ccc(OC(F)F)c(OC)c1. The summed E-state index contributed by atoms with van der Waals surface area (Å²) in [7, 11) is 1.32. The quantitative estimate of drug-likeness (QED) is 0.703. The predicted molar refractivity (Wildman–Crippen MR) is 97.8 cm³/mol. The van der Waals surface area contributed by atoms with Crippen LogP contribution in [-0.4, -0.2) is 19.6 Å². The normalized spacial score (nSPS) is 10.7. The van der Waals surface area contributed by atoms with Crippen LogP contribution < -0.4 is 14.8 Å². The molecule has 0 aliphatic carbocycles. The zero-order valence-corrected chi connectivity index (χ0v) is 15.5. The highest BCUT2D eigenvalue weighted by Gasteiger charge is 2.17. The predicted octanol–water partition coefficient (Wildman–Crippen LogP) is 5.33. The molecule has 4 nitrogen and oxygen atoms in total. The maximum atomic E-state index is 12.7. The van der Waals surface area contributed by atoms with E-state index < -0.39 is 12.5 Å². The van der Waals surface area contributed by atoms with Gasteiger partial charge in [-0.25, -0.2) is 0 Å². The number of hydrogen-bond donors (Lipinski definition) is 1. The van der Waals surface area contributed by atoms with Crippen LogP contribution in [0.1, 0.15) is 35.3 Å². The first-order valence-electron chi connectivity index (χ1n) is 8.15. The van der Waals surface area contributed by atoms with Gasteiger partial charge in [0.15, 0.2) is 11.5 Å². The van der Waals surface area contributed by atoms with Gasteiger partial charge < -0.3 is 14.8 Å². The van der Waals surface area contributed by atoms with Gasteiger partial charge in [-0.2, -0.15) is 8.78 Å². The molecule has 0 unspecified atom stereocenters. The number of alkyl halides is 2. The summed E-state index contributed by atoms with van der Waals surface area (Å²) < 4.78 is 34.2. The van der Waals surface area contributed by atoms with Crippen molar-refractivity contribution in [3.8, 4) is 11.5 Å². The number of benzene rings is 2. The third kappa shape index (κ3) is 4.43. The molecule has 0 spiro atoms. The highest BCUT2D eigenvalue weighted by atomic mass is 35.5. The van der Waals surface area contributed by atoms with Crippen LogP contribution in [0.2, 0.25) is 5.02 Å². The van der Waals surface area contributed by atoms with Gasteiger partial charge in [0.25, 0.3) is 5.91 Å². The van der Waals surface area contributed by atoms with Crippen molar-refractivity contribution in [2.75, 3.05) is 12.4 Å². The summed E-state index contributed by atoms with van der Waals surface area (Å²) in [5.74, 6) is -0.473. The van der Waals surface area contributed by atoms with Crippen LogP contribution in [0, 0.1) is 0 Å². The van der Waals surface area contributed by atoms with Gasteiger partial charge in [0.1, 0.15) is 0 Å². The van der Waals surface area contributed by atoms with Crippen molar-refractivity contribution in [1.82, 2.24) is 0 Å². The minimum absolute atomic E-state index is 0.0514. The number of anilines is 1. The van der Waals surface area contributed by atoms with Gasteiger partial charge in [0.2, 0.25) is 0 Å². The smallest absolute Gasteiger partial charge is 0.387 e. The van der Waals surface area contributed by atoms with Crippen molar-refractivity contribution in [2.45, 2.75) is 33.3 Å². The second kappa shape index (κ2) is 8.85. The summed E-state index contributed by atoms with van der Waals surface area (Å²) >= 11 is 6.25. The average Bonchev–Trinajstić information content (AvgIpc) is 2.62. The standard InChI is InChI=1S/C19H20ClF2NO3/c1-4-11-6-8-14(20)13(5-2)17(11)23-18(24)12-7-9-15(26-19(21)22)16(10-12)25-3/h6-10,19H,4-5H2,1-3H3,(H,23,24). The fraction of sp³-hybridized carbons (Fsp3) is 0.316. The lowest BCUT2D eigenvalue weighted by molar-refractivity contribution is -0.0512. The topological polar surface area (TPSA) is 47.6 Å². The van der Waals surface area contributed by atoms with E-state index >= 15 is 0 Å². The van der Waals surface area contributed by atoms with Gasteiger partial charge in [-0.05, 0) is 48.2 Å². The molecule has 0 radical (unpaired) electrons.